The van der Waals surface area contributed by atoms with Crippen LogP contribution in [-0.4, -0.2) is 16.8 Å². The standard InChI is InChI=1S/C10H15NO2/c1-2-7-5-8(13)3-4-9(7)10(11)6-12/h3-5,10,12-13H,2,6,11H2,1H3/t10-/m0/s1. The molecule has 0 aromatic heterocycles. The molecule has 3 heteroatoms. The molecular weight excluding hydrogens is 166 g/mol. The molecule has 0 spiro atoms. The van der Waals surface area contributed by atoms with E-state index >= 15 is 0 Å². The third-order valence-electron chi connectivity index (χ3n) is 2.10. The van der Waals surface area contributed by atoms with Crippen molar-refractivity contribution in [1.82, 2.24) is 0 Å². The van der Waals surface area contributed by atoms with E-state index in [1.165, 1.54) is 0 Å². The molecule has 1 aromatic rings. The Labute approximate surface area is 77.8 Å². The third-order valence-corrected chi connectivity index (χ3v) is 2.10. The van der Waals surface area contributed by atoms with Crippen molar-refractivity contribution in [1.29, 1.82) is 0 Å². The Morgan fingerprint density at radius 2 is 2.15 bits per heavy atom. The first kappa shape index (κ1) is 10.0. The van der Waals surface area contributed by atoms with E-state index in [1.807, 2.05) is 6.92 Å². The Hall–Kier alpha value is -1.06. The summed E-state index contributed by atoms with van der Waals surface area (Å²) in [7, 11) is 0. The summed E-state index contributed by atoms with van der Waals surface area (Å²) in [5.41, 5.74) is 7.58. The fraction of sp³-hybridized carbons (Fsp3) is 0.400. The summed E-state index contributed by atoms with van der Waals surface area (Å²) in [6, 6.07) is 4.68. The zero-order valence-electron chi connectivity index (χ0n) is 7.70. The van der Waals surface area contributed by atoms with Crippen molar-refractivity contribution >= 4 is 0 Å². The number of aliphatic hydroxyl groups excluding tert-OH is 1. The van der Waals surface area contributed by atoms with E-state index in [9.17, 15) is 5.11 Å². The molecule has 0 bridgehead atoms. The van der Waals surface area contributed by atoms with Gasteiger partial charge in [0.2, 0.25) is 0 Å². The number of aromatic hydroxyl groups is 1. The zero-order chi connectivity index (χ0) is 9.84. The average Bonchev–Trinajstić information content (AvgIpc) is 2.16. The van der Waals surface area contributed by atoms with Gasteiger partial charge in [0, 0.05) is 0 Å². The van der Waals surface area contributed by atoms with Crippen LogP contribution in [0.15, 0.2) is 18.2 Å². The second-order valence-electron chi connectivity index (χ2n) is 3.03. The van der Waals surface area contributed by atoms with Crippen molar-refractivity contribution in [3.8, 4) is 5.75 Å². The van der Waals surface area contributed by atoms with Crippen LogP contribution in [0.3, 0.4) is 0 Å². The van der Waals surface area contributed by atoms with E-state index in [1.54, 1.807) is 18.2 Å². The summed E-state index contributed by atoms with van der Waals surface area (Å²) in [4.78, 5) is 0. The van der Waals surface area contributed by atoms with Gasteiger partial charge in [0.1, 0.15) is 5.75 Å². The molecule has 4 N–H and O–H groups in total. The molecule has 0 fully saturated rings. The summed E-state index contributed by atoms with van der Waals surface area (Å²) in [5, 5.41) is 18.1. The highest BCUT2D eigenvalue weighted by atomic mass is 16.3. The van der Waals surface area contributed by atoms with E-state index in [0.29, 0.717) is 0 Å². The van der Waals surface area contributed by atoms with Crippen molar-refractivity contribution in [2.45, 2.75) is 19.4 Å². The Morgan fingerprint density at radius 3 is 2.69 bits per heavy atom. The van der Waals surface area contributed by atoms with E-state index in [0.717, 1.165) is 17.5 Å². The Bertz CT molecular complexity index is 286. The number of aryl methyl sites for hydroxylation is 1. The number of rotatable bonds is 3. The first-order valence-corrected chi connectivity index (χ1v) is 4.37. The number of nitrogens with two attached hydrogens (primary N) is 1. The van der Waals surface area contributed by atoms with Crippen molar-refractivity contribution in [3.63, 3.8) is 0 Å². The third kappa shape index (κ3) is 2.20. The van der Waals surface area contributed by atoms with E-state index in [-0.39, 0.29) is 18.4 Å². The summed E-state index contributed by atoms with van der Waals surface area (Å²) >= 11 is 0. The highest BCUT2D eigenvalue weighted by molar-refractivity contribution is 5.36. The molecule has 0 aliphatic rings. The van der Waals surface area contributed by atoms with Gasteiger partial charge in [0.15, 0.2) is 0 Å². The molecule has 0 saturated heterocycles. The molecule has 0 aliphatic heterocycles. The maximum absolute atomic E-state index is 9.22. The number of phenols is 1. The fourth-order valence-corrected chi connectivity index (χ4v) is 1.36. The molecule has 0 unspecified atom stereocenters. The first-order valence-electron chi connectivity index (χ1n) is 4.37. The van der Waals surface area contributed by atoms with Crippen LogP contribution in [0.2, 0.25) is 0 Å². The minimum Gasteiger partial charge on any atom is -0.508 e. The van der Waals surface area contributed by atoms with E-state index < -0.39 is 0 Å². The predicted molar refractivity (Wildman–Crippen MR) is 51.5 cm³/mol. The summed E-state index contributed by atoms with van der Waals surface area (Å²) < 4.78 is 0. The number of benzene rings is 1. The molecule has 1 atom stereocenters. The number of phenolic OH excluding ortho intramolecular Hbond substituents is 1. The lowest BCUT2D eigenvalue weighted by Gasteiger charge is -2.13. The smallest absolute Gasteiger partial charge is 0.115 e. The van der Waals surface area contributed by atoms with Crippen LogP contribution in [0.5, 0.6) is 5.75 Å². The van der Waals surface area contributed by atoms with Gasteiger partial charge < -0.3 is 15.9 Å². The van der Waals surface area contributed by atoms with E-state index in [2.05, 4.69) is 0 Å². The molecule has 72 valence electrons. The zero-order valence-corrected chi connectivity index (χ0v) is 7.70. The maximum Gasteiger partial charge on any atom is 0.115 e. The Morgan fingerprint density at radius 1 is 1.46 bits per heavy atom. The largest absolute Gasteiger partial charge is 0.508 e. The van der Waals surface area contributed by atoms with Crippen LogP contribution in [0.4, 0.5) is 0 Å². The first-order chi connectivity index (χ1) is 6.19. The van der Waals surface area contributed by atoms with Gasteiger partial charge in [-0.2, -0.15) is 0 Å². The van der Waals surface area contributed by atoms with Gasteiger partial charge in [-0.3, -0.25) is 0 Å². The topological polar surface area (TPSA) is 66.5 Å². The highest BCUT2D eigenvalue weighted by Crippen LogP contribution is 2.21. The predicted octanol–water partition coefficient (Wildman–Crippen LogP) is 0.947. The average molecular weight is 181 g/mol. The number of aliphatic hydroxyl groups is 1. The van der Waals surface area contributed by atoms with Crippen molar-refractivity contribution in [3.05, 3.63) is 29.3 Å². The molecule has 0 aliphatic carbocycles. The van der Waals surface area contributed by atoms with Crippen molar-refractivity contribution in [2.75, 3.05) is 6.61 Å². The van der Waals surface area contributed by atoms with Crippen molar-refractivity contribution in [2.24, 2.45) is 5.73 Å². The second kappa shape index (κ2) is 4.25. The number of hydrogen-bond acceptors (Lipinski definition) is 3. The summed E-state index contributed by atoms with van der Waals surface area (Å²) in [6.07, 6.45) is 0.803. The minimum atomic E-state index is -0.351. The van der Waals surface area contributed by atoms with Gasteiger partial charge in [-0.15, -0.1) is 0 Å². The molecule has 0 saturated carbocycles. The quantitative estimate of drug-likeness (QED) is 0.650. The lowest BCUT2D eigenvalue weighted by atomic mass is 9.99. The minimum absolute atomic E-state index is 0.0717. The van der Waals surface area contributed by atoms with Gasteiger partial charge >= 0.3 is 0 Å². The van der Waals surface area contributed by atoms with Crippen molar-refractivity contribution < 1.29 is 10.2 Å². The molecule has 13 heavy (non-hydrogen) atoms. The molecule has 0 heterocycles. The second-order valence-corrected chi connectivity index (χ2v) is 3.03. The van der Waals surface area contributed by atoms with Crippen LogP contribution in [-0.2, 0) is 6.42 Å². The molecule has 0 radical (unpaired) electrons. The molecule has 0 amide bonds. The molecule has 1 rings (SSSR count). The Balaban J connectivity index is 3.05. The Kier molecular flexibility index (Phi) is 3.28. The fourth-order valence-electron chi connectivity index (χ4n) is 1.36. The van der Waals surface area contributed by atoms with Gasteiger partial charge in [-0.25, -0.2) is 0 Å². The van der Waals surface area contributed by atoms with Gasteiger partial charge in [0.05, 0.1) is 12.6 Å². The lowest BCUT2D eigenvalue weighted by Crippen LogP contribution is -2.16. The molecular formula is C10H15NO2. The maximum atomic E-state index is 9.22. The normalized spacial score (nSPS) is 12.8. The van der Waals surface area contributed by atoms with Crippen LogP contribution in [0.1, 0.15) is 24.1 Å². The van der Waals surface area contributed by atoms with Crippen LogP contribution in [0, 0.1) is 0 Å². The lowest BCUT2D eigenvalue weighted by molar-refractivity contribution is 0.267. The molecule has 1 aromatic carbocycles. The number of hydrogen-bond donors (Lipinski definition) is 3. The van der Waals surface area contributed by atoms with Gasteiger partial charge in [0.25, 0.3) is 0 Å². The van der Waals surface area contributed by atoms with Gasteiger partial charge in [-0.05, 0) is 29.7 Å². The van der Waals surface area contributed by atoms with E-state index in [4.69, 9.17) is 10.8 Å². The monoisotopic (exact) mass is 181 g/mol. The summed E-state index contributed by atoms with van der Waals surface area (Å²) in [6.45, 7) is 1.92. The summed E-state index contributed by atoms with van der Waals surface area (Å²) in [5.74, 6) is 0.241. The van der Waals surface area contributed by atoms with Crippen LogP contribution >= 0.6 is 0 Å². The highest BCUT2D eigenvalue weighted by Gasteiger charge is 2.09. The van der Waals surface area contributed by atoms with Crippen LogP contribution in [0.25, 0.3) is 0 Å². The van der Waals surface area contributed by atoms with Crippen LogP contribution < -0.4 is 5.73 Å². The SMILES string of the molecule is CCc1cc(O)ccc1[C@@H](N)CO. The molecule has 3 nitrogen and oxygen atoms in total. The van der Waals surface area contributed by atoms with Gasteiger partial charge in [-0.1, -0.05) is 13.0 Å².